The molecular weight excluding hydrogens is 294 g/mol. The molecule has 0 bridgehead atoms. The highest BCUT2D eigenvalue weighted by Crippen LogP contribution is 2.43. The van der Waals surface area contributed by atoms with Gasteiger partial charge in [0.15, 0.2) is 0 Å². The molecule has 2 aromatic rings. The van der Waals surface area contributed by atoms with E-state index < -0.39 is 11.8 Å². The third-order valence-electron chi connectivity index (χ3n) is 3.51. The van der Waals surface area contributed by atoms with Gasteiger partial charge in [0.05, 0.1) is 23.3 Å². The summed E-state index contributed by atoms with van der Waals surface area (Å²) < 4.78 is 11.8. The molecule has 0 saturated carbocycles. The van der Waals surface area contributed by atoms with Gasteiger partial charge in [0.2, 0.25) is 0 Å². The molecular formula is C18H19NO4. The Balaban J connectivity index is 2.42. The lowest BCUT2D eigenvalue weighted by atomic mass is 9.98. The van der Waals surface area contributed by atoms with Crippen molar-refractivity contribution in [1.82, 2.24) is 5.32 Å². The number of nitrogens with one attached hydrogen (secondary N) is 1. The molecule has 120 valence electrons. The Morgan fingerprint density at radius 1 is 0.783 bits per heavy atom. The molecule has 0 aliphatic carbocycles. The fraction of sp³-hybridized carbons (Fsp3) is 0.333. The summed E-state index contributed by atoms with van der Waals surface area (Å²) in [7, 11) is 0. The molecule has 0 spiro atoms. The van der Waals surface area contributed by atoms with Crippen LogP contribution in [0, 0.1) is 0 Å². The lowest BCUT2D eigenvalue weighted by Gasteiger charge is -2.20. The topological polar surface area (TPSA) is 64.6 Å². The average molecular weight is 313 g/mol. The molecule has 0 aromatic heterocycles. The van der Waals surface area contributed by atoms with Crippen LogP contribution in [-0.2, 0) is 0 Å². The molecule has 1 aliphatic heterocycles. The van der Waals surface area contributed by atoms with Gasteiger partial charge >= 0.3 is 0 Å². The first-order valence-electron chi connectivity index (χ1n) is 7.67. The molecule has 2 amide bonds. The van der Waals surface area contributed by atoms with Crippen LogP contribution in [0.2, 0.25) is 0 Å². The molecule has 0 atom stereocenters. The number of carbonyl (C=O) groups excluding carboxylic acids is 2. The predicted octanol–water partition coefficient (Wildman–Crippen LogP) is 3.30. The first kappa shape index (κ1) is 15.3. The van der Waals surface area contributed by atoms with E-state index in [1.807, 2.05) is 52.0 Å². The second-order valence-electron chi connectivity index (χ2n) is 6.07. The number of amides is 2. The summed E-state index contributed by atoms with van der Waals surface area (Å²) in [5.74, 6) is -0.0184. The van der Waals surface area contributed by atoms with Crippen molar-refractivity contribution in [1.29, 1.82) is 0 Å². The van der Waals surface area contributed by atoms with Crippen molar-refractivity contribution in [3.8, 4) is 11.5 Å². The average Bonchev–Trinajstić information content (AvgIpc) is 2.76. The van der Waals surface area contributed by atoms with Gasteiger partial charge in [0, 0.05) is 10.8 Å². The standard InChI is InChI=1S/C18H19NO4/c1-9(2)22-15-11-7-5-6-8-12(11)16(23-10(3)4)14-13(15)17(20)19-18(14)21/h5-10H,1-4H3,(H,19,20,21). The first-order valence-corrected chi connectivity index (χ1v) is 7.67. The van der Waals surface area contributed by atoms with Crippen molar-refractivity contribution in [2.75, 3.05) is 0 Å². The second-order valence-corrected chi connectivity index (χ2v) is 6.07. The quantitative estimate of drug-likeness (QED) is 0.880. The second kappa shape index (κ2) is 5.57. The van der Waals surface area contributed by atoms with Crippen molar-refractivity contribution < 1.29 is 19.1 Å². The summed E-state index contributed by atoms with van der Waals surface area (Å²) >= 11 is 0. The number of benzene rings is 2. The van der Waals surface area contributed by atoms with E-state index in [2.05, 4.69) is 5.32 Å². The molecule has 1 heterocycles. The third-order valence-corrected chi connectivity index (χ3v) is 3.51. The lowest BCUT2D eigenvalue weighted by molar-refractivity contribution is 0.0877. The maximum Gasteiger partial charge on any atom is 0.262 e. The fourth-order valence-corrected chi connectivity index (χ4v) is 2.75. The summed E-state index contributed by atoms with van der Waals surface area (Å²) in [5.41, 5.74) is 0.524. The largest absolute Gasteiger partial charge is 0.489 e. The summed E-state index contributed by atoms with van der Waals surface area (Å²) in [4.78, 5) is 24.6. The highest BCUT2D eigenvalue weighted by atomic mass is 16.5. The highest BCUT2D eigenvalue weighted by molar-refractivity contribution is 6.27. The third kappa shape index (κ3) is 2.52. The van der Waals surface area contributed by atoms with Crippen LogP contribution in [-0.4, -0.2) is 24.0 Å². The van der Waals surface area contributed by atoms with Gasteiger partial charge in [-0.15, -0.1) is 0 Å². The zero-order valence-electron chi connectivity index (χ0n) is 13.6. The first-order chi connectivity index (χ1) is 10.9. The number of rotatable bonds is 4. The van der Waals surface area contributed by atoms with E-state index in [9.17, 15) is 9.59 Å². The van der Waals surface area contributed by atoms with Gasteiger partial charge in [-0.3, -0.25) is 14.9 Å². The number of ether oxygens (including phenoxy) is 2. The van der Waals surface area contributed by atoms with Crippen LogP contribution in [0.15, 0.2) is 24.3 Å². The Labute approximate surface area is 134 Å². The van der Waals surface area contributed by atoms with E-state index in [0.29, 0.717) is 11.5 Å². The minimum absolute atomic E-state index is 0.122. The predicted molar refractivity (Wildman–Crippen MR) is 87.3 cm³/mol. The molecule has 2 aromatic carbocycles. The molecule has 1 aliphatic rings. The van der Waals surface area contributed by atoms with Crippen molar-refractivity contribution >= 4 is 22.6 Å². The zero-order chi connectivity index (χ0) is 16.7. The molecule has 1 N–H and O–H groups in total. The number of hydrogen-bond acceptors (Lipinski definition) is 4. The Hall–Kier alpha value is -2.56. The van der Waals surface area contributed by atoms with E-state index >= 15 is 0 Å². The van der Waals surface area contributed by atoms with Crippen LogP contribution >= 0.6 is 0 Å². The molecule has 5 nitrogen and oxygen atoms in total. The maximum atomic E-state index is 12.3. The van der Waals surface area contributed by atoms with E-state index in [1.165, 1.54) is 0 Å². The minimum atomic E-state index is -0.444. The summed E-state index contributed by atoms with van der Waals surface area (Å²) in [6, 6.07) is 7.48. The zero-order valence-corrected chi connectivity index (χ0v) is 13.6. The molecule has 0 unspecified atom stereocenters. The van der Waals surface area contributed by atoms with Gasteiger partial charge in [-0.05, 0) is 27.7 Å². The summed E-state index contributed by atoms with van der Waals surface area (Å²) in [6.07, 6.45) is -0.245. The van der Waals surface area contributed by atoms with Gasteiger partial charge < -0.3 is 9.47 Å². The Bertz CT molecular complexity index is 742. The van der Waals surface area contributed by atoms with Gasteiger partial charge in [-0.25, -0.2) is 0 Å². The molecule has 0 fully saturated rings. The fourth-order valence-electron chi connectivity index (χ4n) is 2.75. The van der Waals surface area contributed by atoms with Crippen LogP contribution in [0.1, 0.15) is 48.4 Å². The van der Waals surface area contributed by atoms with Gasteiger partial charge in [-0.2, -0.15) is 0 Å². The van der Waals surface area contributed by atoms with E-state index in [1.54, 1.807) is 0 Å². The number of carbonyl (C=O) groups is 2. The Morgan fingerprint density at radius 3 is 1.52 bits per heavy atom. The Morgan fingerprint density at radius 2 is 1.17 bits per heavy atom. The van der Waals surface area contributed by atoms with Crippen molar-refractivity contribution in [3.05, 3.63) is 35.4 Å². The SMILES string of the molecule is CC(C)Oc1c2c(c(OC(C)C)c3ccccc13)C(=O)NC2=O. The van der Waals surface area contributed by atoms with Crippen LogP contribution in [0.3, 0.4) is 0 Å². The minimum Gasteiger partial charge on any atom is -0.489 e. The van der Waals surface area contributed by atoms with Crippen molar-refractivity contribution in [2.24, 2.45) is 0 Å². The maximum absolute atomic E-state index is 12.3. The van der Waals surface area contributed by atoms with Gasteiger partial charge in [-0.1, -0.05) is 24.3 Å². The number of imide groups is 1. The Kier molecular flexibility index (Phi) is 3.72. The lowest BCUT2D eigenvalue weighted by Crippen LogP contribution is -2.20. The smallest absolute Gasteiger partial charge is 0.262 e. The molecule has 0 saturated heterocycles. The van der Waals surface area contributed by atoms with Crippen LogP contribution in [0.5, 0.6) is 11.5 Å². The number of fused-ring (bicyclic) bond motifs is 2. The van der Waals surface area contributed by atoms with E-state index in [-0.39, 0.29) is 23.3 Å². The molecule has 3 rings (SSSR count). The summed E-state index contributed by atoms with van der Waals surface area (Å²) in [6.45, 7) is 7.53. The van der Waals surface area contributed by atoms with E-state index in [0.717, 1.165) is 10.8 Å². The molecule has 23 heavy (non-hydrogen) atoms. The molecule has 5 heteroatoms. The van der Waals surface area contributed by atoms with Crippen LogP contribution in [0.25, 0.3) is 10.8 Å². The van der Waals surface area contributed by atoms with Gasteiger partial charge in [0.1, 0.15) is 11.5 Å². The summed E-state index contributed by atoms with van der Waals surface area (Å²) in [5, 5.41) is 3.88. The molecule has 0 radical (unpaired) electrons. The number of hydrogen-bond donors (Lipinski definition) is 1. The normalized spacial score (nSPS) is 13.7. The van der Waals surface area contributed by atoms with Crippen LogP contribution in [0.4, 0.5) is 0 Å². The van der Waals surface area contributed by atoms with Crippen molar-refractivity contribution in [2.45, 2.75) is 39.9 Å². The van der Waals surface area contributed by atoms with Gasteiger partial charge in [0.25, 0.3) is 11.8 Å². The van der Waals surface area contributed by atoms with Crippen LogP contribution < -0.4 is 14.8 Å². The van der Waals surface area contributed by atoms with E-state index in [4.69, 9.17) is 9.47 Å². The highest BCUT2D eigenvalue weighted by Gasteiger charge is 2.37. The van der Waals surface area contributed by atoms with Crippen molar-refractivity contribution in [3.63, 3.8) is 0 Å². The monoisotopic (exact) mass is 313 g/mol.